The first kappa shape index (κ1) is 19.3. The summed E-state index contributed by atoms with van der Waals surface area (Å²) in [5, 5.41) is 10.7. The van der Waals surface area contributed by atoms with Gasteiger partial charge in [-0.05, 0) is 37.1 Å². The molecule has 140 valence electrons. The van der Waals surface area contributed by atoms with Crippen LogP contribution in [0.2, 0.25) is 0 Å². The van der Waals surface area contributed by atoms with Crippen molar-refractivity contribution < 1.29 is 9.53 Å². The molecule has 0 bridgehead atoms. The molecule has 0 unspecified atom stereocenters. The number of hydrogen-bond acceptors (Lipinski definition) is 4. The van der Waals surface area contributed by atoms with Gasteiger partial charge in [0, 0.05) is 26.3 Å². The van der Waals surface area contributed by atoms with E-state index in [9.17, 15) is 4.79 Å². The molecule has 2 aromatic rings. The fraction of sp³-hybridized carbons (Fsp3) is 0.389. The maximum atomic E-state index is 10.7. The third-order valence-electron chi connectivity index (χ3n) is 3.68. The van der Waals surface area contributed by atoms with E-state index in [4.69, 9.17) is 10.5 Å². The molecule has 8 heteroatoms. The van der Waals surface area contributed by atoms with Crippen LogP contribution in [0.4, 0.5) is 0 Å². The van der Waals surface area contributed by atoms with E-state index in [1.54, 1.807) is 6.20 Å². The molecule has 0 saturated heterocycles. The van der Waals surface area contributed by atoms with Crippen LogP contribution >= 0.6 is 0 Å². The smallest absolute Gasteiger partial charge is 0.255 e. The number of amides is 1. The Morgan fingerprint density at radius 3 is 2.65 bits per heavy atom. The third-order valence-corrected chi connectivity index (χ3v) is 3.68. The molecule has 1 amide bonds. The van der Waals surface area contributed by atoms with Gasteiger partial charge in [-0.3, -0.25) is 9.48 Å². The molecule has 1 aromatic carbocycles. The standard InChI is InChI=1S/C18H26N6O2/c1-3-20-18(22-12-15-9-11-23-24(15)2)21-10-8-14-4-6-16(7-5-14)26-13-17(19)25/h4-7,9,11H,3,8,10,12-13H2,1-2H3,(H2,19,25)(H2,20,21,22). The highest BCUT2D eigenvalue weighted by atomic mass is 16.5. The number of rotatable bonds is 9. The lowest BCUT2D eigenvalue weighted by atomic mass is 10.1. The zero-order chi connectivity index (χ0) is 18.8. The van der Waals surface area contributed by atoms with E-state index in [1.165, 1.54) is 0 Å². The summed E-state index contributed by atoms with van der Waals surface area (Å²) < 4.78 is 7.06. The predicted octanol–water partition coefficient (Wildman–Crippen LogP) is 0.582. The number of nitrogens with zero attached hydrogens (tertiary/aromatic N) is 3. The van der Waals surface area contributed by atoms with Crippen molar-refractivity contribution in [1.29, 1.82) is 0 Å². The Morgan fingerprint density at radius 1 is 1.27 bits per heavy atom. The van der Waals surface area contributed by atoms with Gasteiger partial charge in [-0.25, -0.2) is 4.99 Å². The zero-order valence-electron chi connectivity index (χ0n) is 15.2. The summed E-state index contributed by atoms with van der Waals surface area (Å²) in [6.07, 6.45) is 2.61. The molecule has 8 nitrogen and oxygen atoms in total. The second-order valence-electron chi connectivity index (χ2n) is 5.72. The van der Waals surface area contributed by atoms with E-state index in [-0.39, 0.29) is 6.61 Å². The minimum atomic E-state index is -0.486. The number of aliphatic imine (C=N–C) groups is 1. The summed E-state index contributed by atoms with van der Waals surface area (Å²) in [5.74, 6) is 0.918. The number of nitrogens with one attached hydrogen (secondary N) is 2. The fourth-order valence-corrected chi connectivity index (χ4v) is 2.29. The van der Waals surface area contributed by atoms with Gasteiger partial charge >= 0.3 is 0 Å². The second kappa shape index (κ2) is 10.1. The molecule has 26 heavy (non-hydrogen) atoms. The number of carbonyl (C=O) groups excluding carboxylic acids is 1. The Kier molecular flexibility index (Phi) is 7.48. The van der Waals surface area contributed by atoms with Crippen molar-refractivity contribution in [2.75, 3.05) is 19.7 Å². The Hall–Kier alpha value is -3.03. The van der Waals surface area contributed by atoms with Crippen LogP contribution in [0.15, 0.2) is 41.5 Å². The van der Waals surface area contributed by atoms with Gasteiger partial charge in [0.2, 0.25) is 0 Å². The maximum Gasteiger partial charge on any atom is 0.255 e. The molecule has 0 saturated carbocycles. The van der Waals surface area contributed by atoms with Gasteiger partial charge in [0.25, 0.3) is 5.91 Å². The minimum Gasteiger partial charge on any atom is -0.484 e. The number of aromatic nitrogens is 2. The quantitative estimate of drug-likeness (QED) is 0.449. The first-order chi connectivity index (χ1) is 12.6. The molecule has 1 aromatic heterocycles. The van der Waals surface area contributed by atoms with E-state index in [1.807, 2.05) is 49.0 Å². The Morgan fingerprint density at radius 2 is 2.04 bits per heavy atom. The molecule has 0 spiro atoms. The Balaban J connectivity index is 1.81. The van der Waals surface area contributed by atoms with Gasteiger partial charge in [-0.1, -0.05) is 12.1 Å². The summed E-state index contributed by atoms with van der Waals surface area (Å²) in [7, 11) is 1.90. The van der Waals surface area contributed by atoms with E-state index < -0.39 is 5.91 Å². The van der Waals surface area contributed by atoms with Crippen LogP contribution < -0.4 is 21.1 Å². The largest absolute Gasteiger partial charge is 0.484 e. The number of nitrogens with two attached hydrogens (primary N) is 1. The molecule has 0 fully saturated rings. The number of aryl methyl sites for hydroxylation is 1. The van der Waals surface area contributed by atoms with Crippen molar-refractivity contribution in [3.05, 3.63) is 47.8 Å². The van der Waals surface area contributed by atoms with Crippen molar-refractivity contribution in [2.24, 2.45) is 17.8 Å². The SMILES string of the molecule is CCNC(=NCc1ccnn1C)NCCc1ccc(OCC(N)=O)cc1. The minimum absolute atomic E-state index is 0.111. The van der Waals surface area contributed by atoms with Gasteiger partial charge in [-0.2, -0.15) is 5.10 Å². The van der Waals surface area contributed by atoms with Gasteiger partial charge in [0.1, 0.15) is 5.75 Å². The van der Waals surface area contributed by atoms with E-state index in [0.717, 1.165) is 36.7 Å². The molecule has 0 aliphatic heterocycles. The molecular weight excluding hydrogens is 332 g/mol. The number of benzene rings is 1. The highest BCUT2D eigenvalue weighted by Crippen LogP contribution is 2.12. The van der Waals surface area contributed by atoms with E-state index in [0.29, 0.717) is 12.3 Å². The van der Waals surface area contributed by atoms with Gasteiger partial charge in [-0.15, -0.1) is 0 Å². The summed E-state index contributed by atoms with van der Waals surface area (Å²) in [6, 6.07) is 9.56. The average Bonchev–Trinajstić information content (AvgIpc) is 3.04. The van der Waals surface area contributed by atoms with E-state index in [2.05, 4.69) is 20.7 Å². The van der Waals surface area contributed by atoms with E-state index >= 15 is 0 Å². The number of ether oxygens (including phenoxy) is 1. The van der Waals surface area contributed by atoms with Gasteiger partial charge in [0.15, 0.2) is 12.6 Å². The second-order valence-corrected chi connectivity index (χ2v) is 5.72. The number of guanidine groups is 1. The summed E-state index contributed by atoms with van der Waals surface area (Å²) in [6.45, 7) is 4.03. The van der Waals surface area contributed by atoms with Crippen molar-refractivity contribution >= 4 is 11.9 Å². The van der Waals surface area contributed by atoms with Crippen LogP contribution in [0.5, 0.6) is 5.75 Å². The normalized spacial score (nSPS) is 11.2. The Labute approximate surface area is 153 Å². The van der Waals surface area contributed by atoms with Crippen LogP contribution in [-0.4, -0.2) is 41.3 Å². The maximum absolute atomic E-state index is 10.7. The van der Waals surface area contributed by atoms with Gasteiger partial charge < -0.3 is 21.1 Å². The average molecular weight is 358 g/mol. The van der Waals surface area contributed by atoms with Crippen molar-refractivity contribution in [3.8, 4) is 5.75 Å². The van der Waals surface area contributed by atoms with Crippen LogP contribution in [-0.2, 0) is 24.8 Å². The van der Waals surface area contributed by atoms with Gasteiger partial charge in [0.05, 0.1) is 12.2 Å². The topological polar surface area (TPSA) is 107 Å². The van der Waals surface area contributed by atoms with Crippen LogP contribution in [0.3, 0.4) is 0 Å². The Bertz CT molecular complexity index is 724. The van der Waals surface area contributed by atoms with Crippen molar-refractivity contribution in [1.82, 2.24) is 20.4 Å². The fourth-order valence-electron chi connectivity index (χ4n) is 2.29. The summed E-state index contributed by atoms with van der Waals surface area (Å²) >= 11 is 0. The number of primary amides is 1. The first-order valence-corrected chi connectivity index (χ1v) is 8.57. The lowest BCUT2D eigenvalue weighted by molar-refractivity contribution is -0.119. The zero-order valence-corrected chi connectivity index (χ0v) is 15.2. The molecule has 0 aliphatic carbocycles. The van der Waals surface area contributed by atoms with Crippen LogP contribution in [0.1, 0.15) is 18.2 Å². The van der Waals surface area contributed by atoms with Crippen molar-refractivity contribution in [3.63, 3.8) is 0 Å². The molecule has 0 aliphatic rings. The van der Waals surface area contributed by atoms with Crippen LogP contribution in [0, 0.1) is 0 Å². The molecule has 4 N–H and O–H groups in total. The molecule has 1 heterocycles. The van der Waals surface area contributed by atoms with Crippen LogP contribution in [0.25, 0.3) is 0 Å². The number of hydrogen-bond donors (Lipinski definition) is 3. The molecule has 0 atom stereocenters. The highest BCUT2D eigenvalue weighted by molar-refractivity contribution is 5.79. The first-order valence-electron chi connectivity index (χ1n) is 8.57. The summed E-state index contributed by atoms with van der Waals surface area (Å²) in [4.78, 5) is 15.3. The third kappa shape index (κ3) is 6.46. The monoisotopic (exact) mass is 358 g/mol. The van der Waals surface area contributed by atoms with Crippen molar-refractivity contribution in [2.45, 2.75) is 19.9 Å². The molecule has 0 radical (unpaired) electrons. The lowest BCUT2D eigenvalue weighted by Gasteiger charge is -2.11. The highest BCUT2D eigenvalue weighted by Gasteiger charge is 2.02. The molecular formula is C18H26N6O2. The predicted molar refractivity (Wildman–Crippen MR) is 101 cm³/mol. The lowest BCUT2D eigenvalue weighted by Crippen LogP contribution is -2.38. The summed E-state index contributed by atoms with van der Waals surface area (Å²) in [5.41, 5.74) is 7.27. The number of carbonyl (C=O) groups is 1. The molecule has 2 rings (SSSR count).